The smallest absolute Gasteiger partial charge is 0.222 e. The molecule has 0 radical (unpaired) electrons. The molecule has 2 aliphatic heterocycles. The second-order valence-electron chi connectivity index (χ2n) is 7.06. The standard InChI is InChI=1S/C18H25N5O/c1-14-13-17(23-16(20-14)4-8-19-23)21-10-5-15(6-11-21)7-12-22-9-2-3-18(22)24/h4,8,13,15H,2-3,5-7,9-12H2,1H3. The van der Waals surface area contributed by atoms with E-state index in [9.17, 15) is 4.79 Å². The van der Waals surface area contributed by atoms with Crippen LogP contribution in [0.1, 0.15) is 37.8 Å². The van der Waals surface area contributed by atoms with Gasteiger partial charge in [0.25, 0.3) is 0 Å². The molecule has 0 unspecified atom stereocenters. The van der Waals surface area contributed by atoms with Crippen LogP contribution in [0.15, 0.2) is 18.3 Å². The third-order valence-corrected chi connectivity index (χ3v) is 5.39. The van der Waals surface area contributed by atoms with E-state index >= 15 is 0 Å². The van der Waals surface area contributed by atoms with Crippen LogP contribution in [0.25, 0.3) is 5.65 Å². The monoisotopic (exact) mass is 327 g/mol. The molecule has 2 aromatic rings. The molecule has 0 bridgehead atoms. The molecule has 0 aliphatic carbocycles. The van der Waals surface area contributed by atoms with Crippen molar-refractivity contribution in [1.82, 2.24) is 19.5 Å². The molecule has 4 heterocycles. The molecule has 128 valence electrons. The molecule has 0 aromatic carbocycles. The average Bonchev–Trinajstić information content (AvgIpc) is 3.21. The summed E-state index contributed by atoms with van der Waals surface area (Å²) in [5.41, 5.74) is 1.95. The van der Waals surface area contributed by atoms with Gasteiger partial charge >= 0.3 is 0 Å². The number of anilines is 1. The number of aryl methyl sites for hydroxylation is 1. The normalized spacial score (nSPS) is 19.6. The maximum Gasteiger partial charge on any atom is 0.222 e. The number of carbonyl (C=O) groups is 1. The van der Waals surface area contributed by atoms with E-state index in [1.54, 1.807) is 0 Å². The molecule has 6 nitrogen and oxygen atoms in total. The minimum Gasteiger partial charge on any atom is -0.356 e. The van der Waals surface area contributed by atoms with Crippen molar-refractivity contribution >= 4 is 17.4 Å². The Bertz CT molecular complexity index is 732. The Morgan fingerprint density at radius 2 is 2.08 bits per heavy atom. The highest BCUT2D eigenvalue weighted by molar-refractivity contribution is 5.78. The summed E-state index contributed by atoms with van der Waals surface area (Å²) in [5, 5.41) is 4.42. The molecule has 6 heteroatoms. The molecule has 2 saturated heterocycles. The second-order valence-corrected chi connectivity index (χ2v) is 7.06. The van der Waals surface area contributed by atoms with E-state index in [1.807, 2.05) is 28.6 Å². The molecular formula is C18H25N5O. The molecule has 2 aliphatic rings. The van der Waals surface area contributed by atoms with Crippen LogP contribution in [-0.4, -0.2) is 51.6 Å². The van der Waals surface area contributed by atoms with Gasteiger partial charge in [0.15, 0.2) is 5.65 Å². The minimum absolute atomic E-state index is 0.348. The van der Waals surface area contributed by atoms with Crippen LogP contribution < -0.4 is 4.90 Å². The molecule has 2 aromatic heterocycles. The highest BCUT2D eigenvalue weighted by atomic mass is 16.2. The minimum atomic E-state index is 0.348. The Kier molecular flexibility index (Phi) is 4.12. The van der Waals surface area contributed by atoms with Crippen molar-refractivity contribution in [2.45, 2.75) is 39.0 Å². The van der Waals surface area contributed by atoms with E-state index in [2.05, 4.69) is 21.0 Å². The number of hydrogen-bond donors (Lipinski definition) is 0. The molecule has 4 rings (SSSR count). The van der Waals surface area contributed by atoms with E-state index in [0.717, 1.165) is 68.5 Å². The lowest BCUT2D eigenvalue weighted by atomic mass is 9.93. The fraction of sp³-hybridized carbons (Fsp3) is 0.611. The van der Waals surface area contributed by atoms with Gasteiger partial charge in [-0.15, -0.1) is 0 Å². The Balaban J connectivity index is 1.37. The van der Waals surface area contributed by atoms with E-state index < -0.39 is 0 Å². The third kappa shape index (κ3) is 2.97. The van der Waals surface area contributed by atoms with Crippen molar-refractivity contribution in [2.24, 2.45) is 5.92 Å². The molecule has 0 N–H and O–H groups in total. The average molecular weight is 327 g/mol. The van der Waals surface area contributed by atoms with Gasteiger partial charge in [-0.25, -0.2) is 4.98 Å². The number of rotatable bonds is 4. The van der Waals surface area contributed by atoms with Gasteiger partial charge in [0.05, 0.1) is 6.20 Å². The maximum absolute atomic E-state index is 11.7. The van der Waals surface area contributed by atoms with Crippen LogP contribution in [0.2, 0.25) is 0 Å². The number of amides is 1. The van der Waals surface area contributed by atoms with Crippen molar-refractivity contribution in [3.63, 3.8) is 0 Å². The van der Waals surface area contributed by atoms with Crippen molar-refractivity contribution in [2.75, 3.05) is 31.1 Å². The Labute approximate surface area is 142 Å². The summed E-state index contributed by atoms with van der Waals surface area (Å²) in [5.74, 6) is 2.22. The molecular weight excluding hydrogens is 302 g/mol. The second kappa shape index (κ2) is 6.42. The van der Waals surface area contributed by atoms with Gasteiger partial charge in [0.2, 0.25) is 5.91 Å². The van der Waals surface area contributed by atoms with Crippen LogP contribution in [0.3, 0.4) is 0 Å². The van der Waals surface area contributed by atoms with Gasteiger partial charge in [-0.05, 0) is 38.5 Å². The number of hydrogen-bond acceptors (Lipinski definition) is 4. The van der Waals surface area contributed by atoms with Gasteiger partial charge < -0.3 is 9.80 Å². The van der Waals surface area contributed by atoms with Crippen molar-refractivity contribution in [1.29, 1.82) is 0 Å². The number of likely N-dealkylation sites (tertiary alicyclic amines) is 1. The predicted molar refractivity (Wildman–Crippen MR) is 93.1 cm³/mol. The van der Waals surface area contributed by atoms with Gasteiger partial charge in [-0.2, -0.15) is 9.61 Å². The molecule has 0 atom stereocenters. The number of aromatic nitrogens is 3. The van der Waals surface area contributed by atoms with Crippen LogP contribution in [-0.2, 0) is 4.79 Å². The summed E-state index contributed by atoms with van der Waals surface area (Å²) in [6.45, 7) is 6.05. The Hall–Kier alpha value is -2.11. The fourth-order valence-electron chi connectivity index (χ4n) is 3.97. The third-order valence-electron chi connectivity index (χ3n) is 5.39. The zero-order valence-electron chi connectivity index (χ0n) is 14.3. The lowest BCUT2D eigenvalue weighted by Crippen LogP contribution is -2.36. The summed E-state index contributed by atoms with van der Waals surface area (Å²) >= 11 is 0. The predicted octanol–water partition coefficient (Wildman–Crippen LogP) is 2.27. The van der Waals surface area contributed by atoms with Crippen LogP contribution in [0, 0.1) is 12.8 Å². The summed E-state index contributed by atoms with van der Waals surface area (Å²) < 4.78 is 1.94. The van der Waals surface area contributed by atoms with Crippen LogP contribution >= 0.6 is 0 Å². The summed E-state index contributed by atoms with van der Waals surface area (Å²) in [4.78, 5) is 20.7. The van der Waals surface area contributed by atoms with E-state index in [1.165, 1.54) is 12.8 Å². The Morgan fingerprint density at radius 3 is 2.83 bits per heavy atom. The lowest BCUT2D eigenvalue weighted by molar-refractivity contribution is -0.127. The summed E-state index contributed by atoms with van der Waals surface area (Å²) in [6, 6.07) is 4.08. The van der Waals surface area contributed by atoms with Crippen molar-refractivity contribution in [3.8, 4) is 0 Å². The highest BCUT2D eigenvalue weighted by Crippen LogP contribution is 2.26. The Morgan fingerprint density at radius 1 is 1.25 bits per heavy atom. The van der Waals surface area contributed by atoms with Gasteiger partial charge in [0, 0.05) is 50.4 Å². The van der Waals surface area contributed by atoms with Crippen LogP contribution in [0.4, 0.5) is 5.82 Å². The maximum atomic E-state index is 11.7. The first kappa shape index (κ1) is 15.4. The highest BCUT2D eigenvalue weighted by Gasteiger charge is 2.24. The molecule has 2 fully saturated rings. The van der Waals surface area contributed by atoms with Gasteiger partial charge in [0.1, 0.15) is 5.82 Å². The molecule has 24 heavy (non-hydrogen) atoms. The first-order valence-corrected chi connectivity index (χ1v) is 9.05. The lowest BCUT2D eigenvalue weighted by Gasteiger charge is -2.34. The first-order chi connectivity index (χ1) is 11.7. The largest absolute Gasteiger partial charge is 0.356 e. The summed E-state index contributed by atoms with van der Waals surface area (Å²) in [6.07, 6.45) is 7.12. The molecule has 1 amide bonds. The topological polar surface area (TPSA) is 53.7 Å². The van der Waals surface area contributed by atoms with Gasteiger partial charge in [-0.3, -0.25) is 4.79 Å². The SMILES string of the molecule is Cc1cc(N2CCC(CCN3CCCC3=O)CC2)n2nccc2n1. The summed E-state index contributed by atoms with van der Waals surface area (Å²) in [7, 11) is 0. The van der Waals surface area contributed by atoms with Crippen LogP contribution in [0.5, 0.6) is 0 Å². The van der Waals surface area contributed by atoms with E-state index in [-0.39, 0.29) is 0 Å². The fourth-order valence-corrected chi connectivity index (χ4v) is 3.97. The number of piperidine rings is 1. The van der Waals surface area contributed by atoms with E-state index in [0.29, 0.717) is 5.91 Å². The molecule has 0 spiro atoms. The molecule has 0 saturated carbocycles. The zero-order valence-corrected chi connectivity index (χ0v) is 14.3. The van der Waals surface area contributed by atoms with E-state index in [4.69, 9.17) is 0 Å². The van der Waals surface area contributed by atoms with Gasteiger partial charge in [-0.1, -0.05) is 0 Å². The van der Waals surface area contributed by atoms with Crippen molar-refractivity contribution < 1.29 is 4.79 Å². The number of fused-ring (bicyclic) bond motifs is 1. The zero-order chi connectivity index (χ0) is 16.5. The number of nitrogens with zero attached hydrogens (tertiary/aromatic N) is 5. The quantitative estimate of drug-likeness (QED) is 0.864. The van der Waals surface area contributed by atoms with Crippen molar-refractivity contribution in [3.05, 3.63) is 24.0 Å². The first-order valence-electron chi connectivity index (χ1n) is 9.05. The number of carbonyl (C=O) groups excluding carboxylic acids is 1.